The first-order valence-corrected chi connectivity index (χ1v) is 7.14. The number of rotatable bonds is 7. The first-order chi connectivity index (χ1) is 9.15. The van der Waals surface area contributed by atoms with Crippen molar-refractivity contribution in [1.82, 2.24) is 0 Å². The summed E-state index contributed by atoms with van der Waals surface area (Å²) in [4.78, 5) is 10.2. The topological polar surface area (TPSA) is 63.3 Å². The van der Waals surface area contributed by atoms with Crippen molar-refractivity contribution < 1.29 is 9.90 Å². The second kappa shape index (κ2) is 11.7. The smallest absolute Gasteiger partial charge is 0.335 e. The molecule has 0 spiro atoms. The van der Waals surface area contributed by atoms with Crippen molar-refractivity contribution in [3.63, 3.8) is 0 Å². The van der Waals surface area contributed by atoms with Crippen LogP contribution in [0.3, 0.4) is 0 Å². The Hall–Kier alpha value is -1.35. The predicted molar refractivity (Wildman–Crippen MR) is 80.4 cm³/mol. The number of nitrogens with two attached hydrogens (primary N) is 1. The van der Waals surface area contributed by atoms with Crippen molar-refractivity contribution >= 4 is 5.97 Å². The number of hydrogen-bond donors (Lipinski definition) is 2. The van der Waals surface area contributed by atoms with E-state index in [0.29, 0.717) is 5.56 Å². The van der Waals surface area contributed by atoms with E-state index >= 15 is 0 Å². The third-order valence-electron chi connectivity index (χ3n) is 3.14. The highest BCUT2D eigenvalue weighted by Gasteiger charge is 2.02. The summed E-state index contributed by atoms with van der Waals surface area (Å²) in [6.07, 6.45) is 6.59. The van der Waals surface area contributed by atoms with Gasteiger partial charge in [-0.25, -0.2) is 4.79 Å². The van der Waals surface area contributed by atoms with E-state index in [1.807, 2.05) is 0 Å². The maximum absolute atomic E-state index is 10.2. The van der Waals surface area contributed by atoms with E-state index in [9.17, 15) is 4.79 Å². The van der Waals surface area contributed by atoms with Crippen LogP contribution in [0.2, 0.25) is 0 Å². The largest absolute Gasteiger partial charge is 0.478 e. The molecule has 1 aromatic rings. The Morgan fingerprint density at radius 2 is 1.84 bits per heavy atom. The van der Waals surface area contributed by atoms with Gasteiger partial charge < -0.3 is 10.8 Å². The second-order valence-electron chi connectivity index (χ2n) is 4.67. The molecule has 1 rings (SSSR count). The monoisotopic (exact) mass is 265 g/mol. The average molecular weight is 265 g/mol. The van der Waals surface area contributed by atoms with E-state index in [2.05, 4.69) is 13.8 Å². The summed E-state index contributed by atoms with van der Waals surface area (Å²) >= 11 is 0. The molecule has 3 nitrogen and oxygen atoms in total. The molecule has 0 bridgehead atoms. The summed E-state index contributed by atoms with van der Waals surface area (Å²) in [5, 5.41) is 8.38. The molecule has 0 heterocycles. The van der Waals surface area contributed by atoms with Gasteiger partial charge in [0.1, 0.15) is 0 Å². The zero-order valence-electron chi connectivity index (χ0n) is 12.1. The molecule has 0 aliphatic rings. The molecule has 0 aliphatic heterocycles. The Kier molecular flexibility index (Phi) is 10.9. The number of aromatic carboxylic acids is 1. The first kappa shape index (κ1) is 17.6. The van der Waals surface area contributed by atoms with Gasteiger partial charge >= 0.3 is 5.97 Å². The highest BCUT2D eigenvalue weighted by molar-refractivity contribution is 5.87. The maximum Gasteiger partial charge on any atom is 0.335 e. The van der Waals surface area contributed by atoms with E-state index in [0.717, 1.165) is 12.5 Å². The molecule has 0 aliphatic carbocycles. The fraction of sp³-hybridized carbons (Fsp3) is 0.562. The van der Waals surface area contributed by atoms with E-state index in [4.69, 9.17) is 10.8 Å². The lowest BCUT2D eigenvalue weighted by molar-refractivity contribution is 0.0697. The van der Waals surface area contributed by atoms with Crippen LogP contribution in [-0.2, 0) is 0 Å². The molecule has 0 fully saturated rings. The molecule has 1 unspecified atom stereocenters. The summed E-state index contributed by atoms with van der Waals surface area (Å²) in [7, 11) is 0. The van der Waals surface area contributed by atoms with Crippen LogP contribution in [0.1, 0.15) is 56.3 Å². The zero-order chi connectivity index (χ0) is 14.5. The summed E-state index contributed by atoms with van der Waals surface area (Å²) < 4.78 is 0. The van der Waals surface area contributed by atoms with Crippen molar-refractivity contribution in [2.75, 3.05) is 6.54 Å². The van der Waals surface area contributed by atoms with Gasteiger partial charge in [0, 0.05) is 0 Å². The van der Waals surface area contributed by atoms with Crippen LogP contribution in [0.5, 0.6) is 0 Å². The molecule has 0 amide bonds. The Bertz CT molecular complexity index is 325. The van der Waals surface area contributed by atoms with Crippen LogP contribution in [0.25, 0.3) is 0 Å². The quantitative estimate of drug-likeness (QED) is 0.785. The van der Waals surface area contributed by atoms with E-state index < -0.39 is 5.97 Å². The fourth-order valence-electron chi connectivity index (χ4n) is 1.86. The van der Waals surface area contributed by atoms with Crippen molar-refractivity contribution in [2.24, 2.45) is 11.7 Å². The number of hydrogen-bond acceptors (Lipinski definition) is 2. The SMILES string of the molecule is CCCCC(CC)CCN.O=C(O)c1ccccc1. The van der Waals surface area contributed by atoms with Crippen LogP contribution in [0.15, 0.2) is 30.3 Å². The van der Waals surface area contributed by atoms with E-state index in [1.165, 1.54) is 32.1 Å². The standard InChI is InChI=1S/C9H21N.C7H6O2/c1-3-5-6-9(4-2)7-8-10;8-7(9)6-4-2-1-3-5-6/h9H,3-8,10H2,1-2H3;1-5H,(H,8,9). The Morgan fingerprint density at radius 3 is 2.21 bits per heavy atom. The first-order valence-electron chi connectivity index (χ1n) is 7.14. The normalized spacial score (nSPS) is 11.3. The molecule has 1 atom stereocenters. The minimum atomic E-state index is -0.879. The second-order valence-corrected chi connectivity index (χ2v) is 4.67. The molecule has 108 valence electrons. The Labute approximate surface area is 116 Å². The molecular formula is C16H27NO2. The lowest BCUT2D eigenvalue weighted by atomic mass is 9.96. The molecule has 0 radical (unpaired) electrons. The predicted octanol–water partition coefficient (Wildman–Crippen LogP) is 3.94. The third kappa shape index (κ3) is 9.25. The van der Waals surface area contributed by atoms with Gasteiger partial charge in [0.15, 0.2) is 0 Å². The van der Waals surface area contributed by atoms with Crippen LogP contribution in [0.4, 0.5) is 0 Å². The molecule has 0 aromatic heterocycles. The van der Waals surface area contributed by atoms with Gasteiger partial charge in [0.25, 0.3) is 0 Å². The van der Waals surface area contributed by atoms with Gasteiger partial charge in [-0.3, -0.25) is 0 Å². The van der Waals surface area contributed by atoms with Gasteiger partial charge in [-0.05, 0) is 31.0 Å². The summed E-state index contributed by atoms with van der Waals surface area (Å²) in [5.41, 5.74) is 5.81. The fourth-order valence-corrected chi connectivity index (χ4v) is 1.86. The highest BCUT2D eigenvalue weighted by atomic mass is 16.4. The van der Waals surface area contributed by atoms with Crippen molar-refractivity contribution in [3.8, 4) is 0 Å². The van der Waals surface area contributed by atoms with Gasteiger partial charge in [-0.2, -0.15) is 0 Å². The molecule has 0 saturated heterocycles. The van der Waals surface area contributed by atoms with Crippen LogP contribution in [-0.4, -0.2) is 17.6 Å². The molecule has 0 saturated carbocycles. The number of carboxylic acids is 1. The lowest BCUT2D eigenvalue weighted by Gasteiger charge is -2.11. The molecule has 3 N–H and O–H groups in total. The van der Waals surface area contributed by atoms with E-state index in [-0.39, 0.29) is 0 Å². The van der Waals surface area contributed by atoms with Crippen molar-refractivity contribution in [1.29, 1.82) is 0 Å². The van der Waals surface area contributed by atoms with Crippen molar-refractivity contribution in [2.45, 2.75) is 46.0 Å². The Balaban J connectivity index is 0.000000342. The summed E-state index contributed by atoms with van der Waals surface area (Å²) in [6.45, 7) is 5.37. The van der Waals surface area contributed by atoms with Crippen molar-refractivity contribution in [3.05, 3.63) is 35.9 Å². The molecule has 3 heteroatoms. The average Bonchev–Trinajstić information content (AvgIpc) is 2.45. The molecule has 1 aromatic carbocycles. The number of benzene rings is 1. The lowest BCUT2D eigenvalue weighted by Crippen LogP contribution is -2.07. The number of unbranched alkanes of at least 4 members (excludes halogenated alkanes) is 1. The number of carbonyl (C=O) groups is 1. The maximum atomic E-state index is 10.2. The van der Waals surface area contributed by atoms with Gasteiger partial charge in [-0.15, -0.1) is 0 Å². The van der Waals surface area contributed by atoms with Crippen LogP contribution < -0.4 is 5.73 Å². The minimum absolute atomic E-state index is 0.331. The zero-order valence-corrected chi connectivity index (χ0v) is 12.1. The van der Waals surface area contributed by atoms with Crippen LogP contribution >= 0.6 is 0 Å². The highest BCUT2D eigenvalue weighted by Crippen LogP contribution is 2.14. The third-order valence-corrected chi connectivity index (χ3v) is 3.14. The minimum Gasteiger partial charge on any atom is -0.478 e. The summed E-state index contributed by atoms with van der Waals surface area (Å²) in [6, 6.07) is 8.30. The van der Waals surface area contributed by atoms with Gasteiger partial charge in [-0.1, -0.05) is 57.7 Å². The van der Waals surface area contributed by atoms with Gasteiger partial charge in [0.2, 0.25) is 0 Å². The molecular weight excluding hydrogens is 238 g/mol. The van der Waals surface area contributed by atoms with Crippen LogP contribution in [0, 0.1) is 5.92 Å². The van der Waals surface area contributed by atoms with Gasteiger partial charge in [0.05, 0.1) is 5.56 Å². The Morgan fingerprint density at radius 1 is 1.21 bits per heavy atom. The summed E-state index contributed by atoms with van der Waals surface area (Å²) in [5.74, 6) is 0.0144. The molecule has 19 heavy (non-hydrogen) atoms. The van der Waals surface area contributed by atoms with E-state index in [1.54, 1.807) is 30.3 Å². The number of carboxylic acid groups (broad SMARTS) is 1.